The molecule has 4 nitrogen and oxygen atoms in total. The molecule has 0 aromatic rings. The van der Waals surface area contributed by atoms with Crippen molar-refractivity contribution >= 4 is 5.91 Å². The Balaban J connectivity index is 2.34. The molecule has 1 saturated carbocycles. The highest BCUT2D eigenvalue weighted by Crippen LogP contribution is 2.31. The summed E-state index contributed by atoms with van der Waals surface area (Å²) in [7, 11) is 3.88. The molecule has 112 valence electrons. The molecule has 1 aliphatic rings. The second-order valence-electron chi connectivity index (χ2n) is 5.87. The predicted molar refractivity (Wildman–Crippen MR) is 78.1 cm³/mol. The van der Waals surface area contributed by atoms with Gasteiger partial charge in [0, 0.05) is 32.2 Å². The van der Waals surface area contributed by atoms with Crippen molar-refractivity contribution in [3.63, 3.8) is 0 Å². The first-order valence-electron chi connectivity index (χ1n) is 7.67. The molecule has 4 heteroatoms. The maximum Gasteiger partial charge on any atom is 0.224 e. The van der Waals surface area contributed by atoms with Crippen molar-refractivity contribution < 1.29 is 9.90 Å². The number of amides is 1. The lowest BCUT2D eigenvalue weighted by Gasteiger charge is -2.37. The Morgan fingerprint density at radius 1 is 1.21 bits per heavy atom. The van der Waals surface area contributed by atoms with E-state index in [-0.39, 0.29) is 18.1 Å². The SMILES string of the molecule is CNC1(CC(=O)N(C)CCCCCO)CCCCC1. The van der Waals surface area contributed by atoms with Gasteiger partial charge in [0.25, 0.3) is 0 Å². The quantitative estimate of drug-likeness (QED) is 0.663. The molecular formula is C15H30N2O2. The summed E-state index contributed by atoms with van der Waals surface area (Å²) >= 11 is 0. The largest absolute Gasteiger partial charge is 0.396 e. The number of nitrogens with zero attached hydrogens (tertiary/aromatic N) is 1. The zero-order valence-electron chi connectivity index (χ0n) is 12.6. The topological polar surface area (TPSA) is 52.6 Å². The first-order valence-corrected chi connectivity index (χ1v) is 7.67. The third kappa shape index (κ3) is 5.49. The smallest absolute Gasteiger partial charge is 0.224 e. The number of hydrogen-bond acceptors (Lipinski definition) is 3. The first kappa shape index (κ1) is 16.4. The molecular weight excluding hydrogens is 240 g/mol. The molecule has 1 fully saturated rings. The molecule has 1 amide bonds. The van der Waals surface area contributed by atoms with Gasteiger partial charge in [0.2, 0.25) is 5.91 Å². The van der Waals surface area contributed by atoms with Crippen molar-refractivity contribution in [3.8, 4) is 0 Å². The summed E-state index contributed by atoms with van der Waals surface area (Å²) in [5.74, 6) is 0.250. The van der Waals surface area contributed by atoms with Crippen molar-refractivity contribution in [2.45, 2.75) is 63.3 Å². The fourth-order valence-corrected chi connectivity index (χ4v) is 2.93. The van der Waals surface area contributed by atoms with Crippen molar-refractivity contribution in [1.29, 1.82) is 0 Å². The molecule has 0 saturated heterocycles. The van der Waals surface area contributed by atoms with Gasteiger partial charge in [0.15, 0.2) is 0 Å². The van der Waals surface area contributed by atoms with Gasteiger partial charge in [-0.1, -0.05) is 19.3 Å². The predicted octanol–water partition coefficient (Wildman–Crippen LogP) is 1.92. The molecule has 2 N–H and O–H groups in total. The third-order valence-corrected chi connectivity index (χ3v) is 4.41. The summed E-state index contributed by atoms with van der Waals surface area (Å²) in [6.07, 6.45) is 9.43. The lowest BCUT2D eigenvalue weighted by molar-refractivity contribution is -0.131. The summed E-state index contributed by atoms with van der Waals surface area (Å²) in [5.41, 5.74) is 0.0364. The molecule has 1 aliphatic carbocycles. The number of carbonyl (C=O) groups excluding carboxylic acids is 1. The van der Waals surface area contributed by atoms with E-state index in [1.54, 1.807) is 0 Å². The van der Waals surface area contributed by atoms with Gasteiger partial charge in [0.05, 0.1) is 0 Å². The van der Waals surface area contributed by atoms with Crippen LogP contribution in [0.5, 0.6) is 0 Å². The molecule has 0 spiro atoms. The molecule has 0 heterocycles. The van der Waals surface area contributed by atoms with Crippen LogP contribution in [0.1, 0.15) is 57.8 Å². The standard InChI is InChI=1S/C15H30N2O2/c1-16-15(9-5-3-6-10-15)13-14(19)17(2)11-7-4-8-12-18/h16,18H,3-13H2,1-2H3. The zero-order valence-corrected chi connectivity index (χ0v) is 12.6. The average molecular weight is 270 g/mol. The van der Waals surface area contributed by atoms with Gasteiger partial charge in [-0.15, -0.1) is 0 Å². The molecule has 0 aromatic heterocycles. The van der Waals surface area contributed by atoms with E-state index in [0.717, 1.165) is 38.6 Å². The van der Waals surface area contributed by atoms with Gasteiger partial charge in [-0.3, -0.25) is 4.79 Å². The highest BCUT2D eigenvalue weighted by Gasteiger charge is 2.33. The number of rotatable bonds is 8. The van der Waals surface area contributed by atoms with Gasteiger partial charge in [-0.25, -0.2) is 0 Å². The molecule has 0 aromatic carbocycles. The molecule has 0 atom stereocenters. The number of nitrogens with one attached hydrogen (secondary N) is 1. The fourth-order valence-electron chi connectivity index (χ4n) is 2.93. The minimum absolute atomic E-state index is 0.0364. The van der Waals surface area contributed by atoms with Gasteiger partial charge in [-0.05, 0) is 39.2 Å². The summed E-state index contributed by atoms with van der Waals surface area (Å²) in [6.45, 7) is 1.05. The first-order chi connectivity index (χ1) is 9.13. The maximum absolute atomic E-state index is 12.3. The van der Waals surface area contributed by atoms with E-state index in [4.69, 9.17) is 5.11 Å². The lowest BCUT2D eigenvalue weighted by Crippen LogP contribution is -2.48. The van der Waals surface area contributed by atoms with Gasteiger partial charge < -0.3 is 15.3 Å². The van der Waals surface area contributed by atoms with Crippen molar-refractivity contribution in [3.05, 3.63) is 0 Å². The number of unbranched alkanes of at least 4 members (excludes halogenated alkanes) is 2. The van der Waals surface area contributed by atoms with Gasteiger partial charge >= 0.3 is 0 Å². The lowest BCUT2D eigenvalue weighted by atomic mass is 9.79. The van der Waals surface area contributed by atoms with E-state index >= 15 is 0 Å². The normalized spacial score (nSPS) is 18.3. The van der Waals surface area contributed by atoms with Crippen molar-refractivity contribution in [2.24, 2.45) is 0 Å². The molecule has 0 bridgehead atoms. The monoisotopic (exact) mass is 270 g/mol. The second-order valence-corrected chi connectivity index (χ2v) is 5.87. The van der Waals surface area contributed by atoms with Crippen LogP contribution in [0.3, 0.4) is 0 Å². The minimum Gasteiger partial charge on any atom is -0.396 e. The average Bonchev–Trinajstić information content (AvgIpc) is 2.44. The van der Waals surface area contributed by atoms with Crippen LogP contribution in [0.15, 0.2) is 0 Å². The Hall–Kier alpha value is -0.610. The van der Waals surface area contributed by atoms with E-state index in [2.05, 4.69) is 5.32 Å². The molecule has 0 radical (unpaired) electrons. The van der Waals surface area contributed by atoms with Crippen LogP contribution in [-0.4, -0.2) is 48.7 Å². The Morgan fingerprint density at radius 2 is 1.89 bits per heavy atom. The summed E-state index contributed by atoms with van der Waals surface area (Å²) < 4.78 is 0. The number of hydrogen-bond donors (Lipinski definition) is 2. The van der Waals surface area contributed by atoms with Crippen LogP contribution in [0.4, 0.5) is 0 Å². The van der Waals surface area contributed by atoms with Crippen LogP contribution in [0.2, 0.25) is 0 Å². The fraction of sp³-hybridized carbons (Fsp3) is 0.933. The third-order valence-electron chi connectivity index (χ3n) is 4.41. The van der Waals surface area contributed by atoms with Gasteiger partial charge in [0.1, 0.15) is 0 Å². The molecule has 1 rings (SSSR count). The Morgan fingerprint density at radius 3 is 2.47 bits per heavy atom. The summed E-state index contributed by atoms with van der Waals surface area (Å²) in [5, 5.41) is 12.1. The zero-order chi connectivity index (χ0) is 14.1. The Labute approximate surface area is 117 Å². The van der Waals surface area contributed by atoms with Crippen LogP contribution in [0.25, 0.3) is 0 Å². The highest BCUT2D eigenvalue weighted by molar-refractivity contribution is 5.77. The van der Waals surface area contributed by atoms with Crippen LogP contribution < -0.4 is 5.32 Å². The number of carbonyl (C=O) groups is 1. The van der Waals surface area contributed by atoms with Crippen molar-refractivity contribution in [1.82, 2.24) is 10.2 Å². The number of aliphatic hydroxyl groups excluding tert-OH is 1. The van der Waals surface area contributed by atoms with E-state index in [1.165, 1.54) is 19.3 Å². The van der Waals surface area contributed by atoms with E-state index < -0.39 is 0 Å². The van der Waals surface area contributed by atoms with Crippen molar-refractivity contribution in [2.75, 3.05) is 27.2 Å². The minimum atomic E-state index is 0.0364. The maximum atomic E-state index is 12.3. The second kappa shape index (κ2) is 8.54. The van der Waals surface area contributed by atoms with Crippen LogP contribution in [-0.2, 0) is 4.79 Å². The number of aliphatic hydroxyl groups is 1. The molecule has 19 heavy (non-hydrogen) atoms. The molecule has 0 aliphatic heterocycles. The Kier molecular flexibility index (Phi) is 7.39. The molecule has 0 unspecified atom stereocenters. The van der Waals surface area contributed by atoms with E-state index in [1.807, 2.05) is 19.0 Å². The van der Waals surface area contributed by atoms with Gasteiger partial charge in [-0.2, -0.15) is 0 Å². The summed E-state index contributed by atoms with van der Waals surface area (Å²) in [4.78, 5) is 14.1. The van der Waals surface area contributed by atoms with E-state index in [9.17, 15) is 4.79 Å². The highest BCUT2D eigenvalue weighted by atomic mass is 16.2. The Bertz CT molecular complexity index is 263. The van der Waals surface area contributed by atoms with E-state index in [0.29, 0.717) is 6.42 Å². The summed E-state index contributed by atoms with van der Waals surface area (Å²) in [6, 6.07) is 0. The van der Waals surface area contributed by atoms with Crippen LogP contribution in [0, 0.1) is 0 Å². The van der Waals surface area contributed by atoms with Crippen LogP contribution >= 0.6 is 0 Å².